The van der Waals surface area contributed by atoms with Gasteiger partial charge in [0.05, 0.1) is 5.41 Å². The molecule has 2 N–H and O–H groups in total. The van der Waals surface area contributed by atoms with Crippen LogP contribution in [-0.2, 0) is 9.59 Å². The molecular formula is C40H78O4. The summed E-state index contributed by atoms with van der Waals surface area (Å²) in [6.45, 7) is 6.75. The lowest BCUT2D eigenvalue weighted by Gasteiger charge is -2.38. The van der Waals surface area contributed by atoms with Crippen molar-refractivity contribution in [1.29, 1.82) is 0 Å². The molecule has 0 rings (SSSR count). The lowest BCUT2D eigenvalue weighted by atomic mass is 9.65. The lowest BCUT2D eigenvalue weighted by Crippen LogP contribution is -2.39. The molecule has 0 heterocycles. The van der Waals surface area contributed by atoms with Gasteiger partial charge in [-0.15, -0.1) is 0 Å². The van der Waals surface area contributed by atoms with Crippen molar-refractivity contribution >= 4 is 11.9 Å². The fourth-order valence-electron chi connectivity index (χ4n) is 7.30. The molecule has 0 fully saturated rings. The Labute approximate surface area is 275 Å². The number of rotatable bonds is 36. The van der Waals surface area contributed by atoms with Crippen LogP contribution in [-0.4, -0.2) is 22.2 Å². The minimum atomic E-state index is -0.789. The van der Waals surface area contributed by atoms with E-state index < -0.39 is 17.4 Å². The SMILES string of the molecule is CCCCCCCCCCCCCC(CCC(=O)O)C(CCCCCCCC)(CCCCCCCCCCCCC)C(=O)O. The smallest absolute Gasteiger partial charge is 0.309 e. The van der Waals surface area contributed by atoms with Gasteiger partial charge in [-0.1, -0.05) is 201 Å². The van der Waals surface area contributed by atoms with Crippen LogP contribution in [0.25, 0.3) is 0 Å². The quantitative estimate of drug-likeness (QED) is 0.0682. The summed E-state index contributed by atoms with van der Waals surface area (Å²) in [5.41, 5.74) is -0.766. The van der Waals surface area contributed by atoms with Crippen molar-refractivity contribution in [2.75, 3.05) is 0 Å². The van der Waals surface area contributed by atoms with Crippen LogP contribution in [0.4, 0.5) is 0 Å². The Morgan fingerprint density at radius 1 is 0.432 bits per heavy atom. The second-order valence-electron chi connectivity index (χ2n) is 14.2. The summed E-state index contributed by atoms with van der Waals surface area (Å²) in [6.07, 6.45) is 37.8. The van der Waals surface area contributed by atoms with E-state index in [1.165, 1.54) is 141 Å². The fourth-order valence-corrected chi connectivity index (χ4v) is 7.30. The van der Waals surface area contributed by atoms with Crippen LogP contribution in [0.5, 0.6) is 0 Å². The van der Waals surface area contributed by atoms with Crippen LogP contribution in [0.15, 0.2) is 0 Å². The zero-order chi connectivity index (χ0) is 32.6. The number of carboxylic acids is 2. The standard InChI is InChI=1S/C40H78O4/c1-4-7-10-13-16-18-20-22-24-26-29-32-37(33-34-38(41)42)40(39(43)44,35-30-27-15-12-9-6-3)36-31-28-25-23-21-19-17-14-11-8-5-2/h37H,4-36H2,1-3H3,(H,41,42)(H,43,44). The molecule has 0 aliphatic carbocycles. The van der Waals surface area contributed by atoms with Crippen LogP contribution >= 0.6 is 0 Å². The Hall–Kier alpha value is -1.06. The molecule has 0 aromatic carbocycles. The van der Waals surface area contributed by atoms with Gasteiger partial charge in [0.15, 0.2) is 0 Å². The van der Waals surface area contributed by atoms with Gasteiger partial charge in [-0.05, 0) is 31.6 Å². The van der Waals surface area contributed by atoms with Gasteiger partial charge >= 0.3 is 11.9 Å². The minimum absolute atomic E-state index is 0.0339. The van der Waals surface area contributed by atoms with E-state index in [9.17, 15) is 19.8 Å². The summed E-state index contributed by atoms with van der Waals surface area (Å²) in [4.78, 5) is 24.8. The van der Waals surface area contributed by atoms with Crippen LogP contribution in [0.2, 0.25) is 0 Å². The molecular weight excluding hydrogens is 544 g/mol. The molecule has 0 radical (unpaired) electrons. The largest absolute Gasteiger partial charge is 0.481 e. The van der Waals surface area contributed by atoms with Gasteiger partial charge in [-0.3, -0.25) is 9.59 Å². The maximum atomic E-state index is 13.1. The Kier molecular flexibility index (Phi) is 31.1. The van der Waals surface area contributed by atoms with Crippen LogP contribution in [0.3, 0.4) is 0 Å². The molecule has 0 amide bonds. The number of carbonyl (C=O) groups is 2. The molecule has 0 aromatic rings. The third-order valence-electron chi connectivity index (χ3n) is 10.3. The first-order valence-corrected chi connectivity index (χ1v) is 19.9. The van der Waals surface area contributed by atoms with Gasteiger partial charge in [0.1, 0.15) is 0 Å². The van der Waals surface area contributed by atoms with Crippen molar-refractivity contribution in [1.82, 2.24) is 0 Å². The monoisotopic (exact) mass is 623 g/mol. The average molecular weight is 623 g/mol. The molecule has 4 heteroatoms. The van der Waals surface area contributed by atoms with Crippen LogP contribution in [0.1, 0.15) is 233 Å². The lowest BCUT2D eigenvalue weighted by molar-refractivity contribution is -0.156. The van der Waals surface area contributed by atoms with E-state index in [0.29, 0.717) is 12.8 Å². The third kappa shape index (κ3) is 24.2. The molecule has 2 unspecified atom stereocenters. The highest BCUT2D eigenvalue weighted by molar-refractivity contribution is 5.75. The molecule has 0 spiro atoms. The summed E-state index contributed by atoms with van der Waals surface area (Å²) in [7, 11) is 0. The van der Waals surface area contributed by atoms with Crippen molar-refractivity contribution < 1.29 is 19.8 Å². The second-order valence-corrected chi connectivity index (χ2v) is 14.2. The van der Waals surface area contributed by atoms with Crippen molar-refractivity contribution in [2.24, 2.45) is 11.3 Å². The first-order chi connectivity index (χ1) is 21.4. The number of carboxylic acid groups (broad SMARTS) is 2. The van der Waals surface area contributed by atoms with E-state index in [2.05, 4.69) is 20.8 Å². The number of aliphatic carboxylic acids is 2. The molecule has 44 heavy (non-hydrogen) atoms. The van der Waals surface area contributed by atoms with Gasteiger partial charge in [0.25, 0.3) is 0 Å². The first-order valence-electron chi connectivity index (χ1n) is 19.9. The second kappa shape index (κ2) is 31.9. The summed E-state index contributed by atoms with van der Waals surface area (Å²) in [5.74, 6) is -1.48. The Bertz CT molecular complexity index is 633. The van der Waals surface area contributed by atoms with Crippen molar-refractivity contribution in [3.05, 3.63) is 0 Å². The van der Waals surface area contributed by atoms with Gasteiger partial charge in [0.2, 0.25) is 0 Å². The van der Waals surface area contributed by atoms with E-state index in [4.69, 9.17) is 0 Å². The molecule has 2 atom stereocenters. The average Bonchev–Trinajstić information content (AvgIpc) is 3.00. The predicted molar refractivity (Wildman–Crippen MR) is 191 cm³/mol. The zero-order valence-corrected chi connectivity index (χ0v) is 30.1. The molecule has 0 aliphatic heterocycles. The topological polar surface area (TPSA) is 74.6 Å². The van der Waals surface area contributed by atoms with E-state index in [0.717, 1.165) is 51.4 Å². The summed E-state index contributed by atoms with van der Waals surface area (Å²) in [5, 5.41) is 20.3. The van der Waals surface area contributed by atoms with Crippen molar-refractivity contribution in [2.45, 2.75) is 233 Å². The molecule has 0 aromatic heterocycles. The molecule has 4 nitrogen and oxygen atoms in total. The normalized spacial score (nSPS) is 13.6. The van der Waals surface area contributed by atoms with E-state index in [1.807, 2.05) is 0 Å². The Morgan fingerprint density at radius 2 is 0.727 bits per heavy atom. The maximum Gasteiger partial charge on any atom is 0.309 e. The molecule has 0 aliphatic rings. The van der Waals surface area contributed by atoms with Gasteiger partial charge in [0, 0.05) is 6.42 Å². The van der Waals surface area contributed by atoms with Crippen molar-refractivity contribution in [3.63, 3.8) is 0 Å². The summed E-state index contributed by atoms with van der Waals surface area (Å²) >= 11 is 0. The van der Waals surface area contributed by atoms with Gasteiger partial charge in [-0.25, -0.2) is 0 Å². The minimum Gasteiger partial charge on any atom is -0.481 e. The van der Waals surface area contributed by atoms with E-state index in [-0.39, 0.29) is 12.3 Å². The highest BCUT2D eigenvalue weighted by atomic mass is 16.4. The molecule has 262 valence electrons. The Morgan fingerprint density at radius 3 is 1.02 bits per heavy atom. The van der Waals surface area contributed by atoms with Crippen molar-refractivity contribution in [3.8, 4) is 0 Å². The third-order valence-corrected chi connectivity index (χ3v) is 10.3. The van der Waals surface area contributed by atoms with E-state index >= 15 is 0 Å². The van der Waals surface area contributed by atoms with E-state index in [1.54, 1.807) is 0 Å². The zero-order valence-electron chi connectivity index (χ0n) is 30.1. The molecule has 0 bridgehead atoms. The number of hydrogen-bond acceptors (Lipinski definition) is 2. The summed E-state index contributed by atoms with van der Waals surface area (Å²) in [6, 6.07) is 0. The molecule has 0 saturated heterocycles. The fraction of sp³-hybridized carbons (Fsp3) is 0.950. The highest BCUT2D eigenvalue weighted by Gasteiger charge is 2.44. The first kappa shape index (κ1) is 42.9. The van der Waals surface area contributed by atoms with Gasteiger partial charge in [-0.2, -0.15) is 0 Å². The summed E-state index contributed by atoms with van der Waals surface area (Å²) < 4.78 is 0. The number of unbranched alkanes of at least 4 members (excludes halogenated alkanes) is 25. The van der Waals surface area contributed by atoms with Crippen LogP contribution < -0.4 is 0 Å². The predicted octanol–water partition coefficient (Wildman–Crippen LogP) is 13.7. The van der Waals surface area contributed by atoms with Gasteiger partial charge < -0.3 is 10.2 Å². The highest BCUT2D eigenvalue weighted by Crippen LogP contribution is 2.44. The maximum absolute atomic E-state index is 13.1. The van der Waals surface area contributed by atoms with Crippen LogP contribution in [0, 0.1) is 11.3 Å². The molecule has 0 saturated carbocycles. The number of hydrogen-bond donors (Lipinski definition) is 2. The Balaban J connectivity index is 5.01.